The third kappa shape index (κ3) is 5.07. The van der Waals surface area contributed by atoms with Crippen molar-refractivity contribution in [3.63, 3.8) is 0 Å². The molecule has 4 nitrogen and oxygen atoms in total. The monoisotopic (exact) mass is 218 g/mol. The standard InChI is InChI=1S/C9H15ClN2O2/c10-5-1-2-8(13)11-6-9(14)12-7-3-4-7/h7H,1-6H2,(H,11,13)(H,12,14). The van der Waals surface area contributed by atoms with Gasteiger partial charge in [-0.25, -0.2) is 0 Å². The zero-order chi connectivity index (χ0) is 10.4. The van der Waals surface area contributed by atoms with Gasteiger partial charge in [0.2, 0.25) is 11.8 Å². The van der Waals surface area contributed by atoms with Crippen LogP contribution in [0.1, 0.15) is 25.7 Å². The minimum Gasteiger partial charge on any atom is -0.352 e. The van der Waals surface area contributed by atoms with E-state index in [1.54, 1.807) is 0 Å². The predicted molar refractivity (Wildman–Crippen MR) is 54.1 cm³/mol. The fraction of sp³-hybridized carbons (Fsp3) is 0.778. The average Bonchev–Trinajstić information content (AvgIpc) is 2.95. The molecule has 80 valence electrons. The largest absolute Gasteiger partial charge is 0.352 e. The molecule has 1 aliphatic rings. The van der Waals surface area contributed by atoms with Gasteiger partial charge in [-0.3, -0.25) is 9.59 Å². The molecular formula is C9H15ClN2O2. The second-order valence-corrected chi connectivity index (χ2v) is 3.79. The van der Waals surface area contributed by atoms with Crippen LogP contribution in [0.4, 0.5) is 0 Å². The normalized spacial score (nSPS) is 14.9. The summed E-state index contributed by atoms with van der Waals surface area (Å²) in [5.74, 6) is 0.255. The van der Waals surface area contributed by atoms with Gasteiger partial charge in [-0.15, -0.1) is 11.6 Å². The molecule has 0 aromatic heterocycles. The van der Waals surface area contributed by atoms with E-state index < -0.39 is 0 Å². The number of carbonyl (C=O) groups excluding carboxylic acids is 2. The summed E-state index contributed by atoms with van der Waals surface area (Å²) in [5, 5.41) is 5.33. The quantitative estimate of drug-likeness (QED) is 0.634. The molecule has 14 heavy (non-hydrogen) atoms. The first-order chi connectivity index (χ1) is 6.72. The predicted octanol–water partition coefficient (Wildman–Crippen LogP) is 0.400. The van der Waals surface area contributed by atoms with Crippen LogP contribution in [0.3, 0.4) is 0 Å². The average molecular weight is 219 g/mol. The van der Waals surface area contributed by atoms with E-state index >= 15 is 0 Å². The number of nitrogens with one attached hydrogen (secondary N) is 2. The van der Waals surface area contributed by atoms with E-state index in [-0.39, 0.29) is 18.4 Å². The van der Waals surface area contributed by atoms with Crippen molar-refractivity contribution in [1.29, 1.82) is 0 Å². The SMILES string of the molecule is O=C(CCCCl)NCC(=O)NC1CC1. The van der Waals surface area contributed by atoms with Gasteiger partial charge in [0, 0.05) is 18.3 Å². The van der Waals surface area contributed by atoms with E-state index in [0.717, 1.165) is 12.8 Å². The Morgan fingerprint density at radius 3 is 2.57 bits per heavy atom. The lowest BCUT2D eigenvalue weighted by atomic mass is 10.3. The highest BCUT2D eigenvalue weighted by molar-refractivity contribution is 6.17. The molecule has 0 spiro atoms. The first kappa shape index (κ1) is 11.3. The van der Waals surface area contributed by atoms with Crippen molar-refractivity contribution >= 4 is 23.4 Å². The lowest BCUT2D eigenvalue weighted by molar-refractivity contribution is -0.126. The van der Waals surface area contributed by atoms with Crippen LogP contribution in [-0.4, -0.2) is 30.3 Å². The van der Waals surface area contributed by atoms with E-state index in [9.17, 15) is 9.59 Å². The molecule has 2 amide bonds. The lowest BCUT2D eigenvalue weighted by Gasteiger charge is -2.04. The Labute approximate surface area is 88.4 Å². The molecule has 0 saturated heterocycles. The van der Waals surface area contributed by atoms with Crippen molar-refractivity contribution in [1.82, 2.24) is 10.6 Å². The third-order valence-electron chi connectivity index (χ3n) is 1.93. The molecule has 0 heterocycles. The Hall–Kier alpha value is -0.770. The molecular weight excluding hydrogens is 204 g/mol. The van der Waals surface area contributed by atoms with E-state index in [0.29, 0.717) is 24.8 Å². The maximum absolute atomic E-state index is 11.1. The van der Waals surface area contributed by atoms with Crippen LogP contribution in [0, 0.1) is 0 Å². The molecule has 1 fully saturated rings. The minimum absolute atomic E-state index is 0.0810. The van der Waals surface area contributed by atoms with Crippen LogP contribution < -0.4 is 10.6 Å². The van der Waals surface area contributed by atoms with Gasteiger partial charge in [-0.05, 0) is 19.3 Å². The van der Waals surface area contributed by atoms with Gasteiger partial charge in [0.25, 0.3) is 0 Å². The summed E-state index contributed by atoms with van der Waals surface area (Å²) in [6.45, 7) is 0.0810. The highest BCUT2D eigenvalue weighted by atomic mass is 35.5. The maximum Gasteiger partial charge on any atom is 0.239 e. The van der Waals surface area contributed by atoms with Gasteiger partial charge in [-0.2, -0.15) is 0 Å². The Morgan fingerprint density at radius 1 is 1.29 bits per heavy atom. The van der Waals surface area contributed by atoms with Crippen molar-refractivity contribution in [3.8, 4) is 0 Å². The zero-order valence-electron chi connectivity index (χ0n) is 8.01. The fourth-order valence-electron chi connectivity index (χ4n) is 1.00. The first-order valence-electron chi connectivity index (χ1n) is 4.84. The minimum atomic E-state index is -0.114. The van der Waals surface area contributed by atoms with Crippen molar-refractivity contribution in [2.75, 3.05) is 12.4 Å². The van der Waals surface area contributed by atoms with Crippen molar-refractivity contribution in [2.45, 2.75) is 31.7 Å². The summed E-state index contributed by atoms with van der Waals surface area (Å²) >= 11 is 5.43. The molecule has 0 aromatic rings. The van der Waals surface area contributed by atoms with E-state index in [1.165, 1.54) is 0 Å². The van der Waals surface area contributed by atoms with Gasteiger partial charge < -0.3 is 10.6 Å². The second-order valence-electron chi connectivity index (χ2n) is 3.41. The number of hydrogen-bond acceptors (Lipinski definition) is 2. The van der Waals surface area contributed by atoms with E-state index in [1.807, 2.05) is 0 Å². The van der Waals surface area contributed by atoms with Crippen LogP contribution in [-0.2, 0) is 9.59 Å². The van der Waals surface area contributed by atoms with E-state index in [2.05, 4.69) is 10.6 Å². The number of halogens is 1. The van der Waals surface area contributed by atoms with Crippen LogP contribution in [0.25, 0.3) is 0 Å². The van der Waals surface area contributed by atoms with Gasteiger partial charge in [-0.1, -0.05) is 0 Å². The third-order valence-corrected chi connectivity index (χ3v) is 2.19. The molecule has 0 unspecified atom stereocenters. The molecule has 1 rings (SSSR count). The number of carbonyl (C=O) groups is 2. The summed E-state index contributed by atoms with van der Waals surface area (Å²) in [6.07, 6.45) is 3.16. The summed E-state index contributed by atoms with van der Waals surface area (Å²) in [5.41, 5.74) is 0. The van der Waals surface area contributed by atoms with Crippen LogP contribution >= 0.6 is 11.6 Å². The molecule has 5 heteroatoms. The molecule has 1 saturated carbocycles. The van der Waals surface area contributed by atoms with Crippen molar-refractivity contribution < 1.29 is 9.59 Å². The van der Waals surface area contributed by atoms with Crippen LogP contribution in [0.15, 0.2) is 0 Å². The maximum atomic E-state index is 11.1. The number of hydrogen-bond donors (Lipinski definition) is 2. The Kier molecular flexibility index (Phi) is 4.73. The first-order valence-corrected chi connectivity index (χ1v) is 5.38. The number of amides is 2. The molecule has 0 radical (unpaired) electrons. The molecule has 0 aliphatic heterocycles. The molecule has 2 N–H and O–H groups in total. The Bertz CT molecular complexity index is 217. The molecule has 0 aromatic carbocycles. The number of rotatable bonds is 6. The van der Waals surface area contributed by atoms with Crippen molar-refractivity contribution in [3.05, 3.63) is 0 Å². The Balaban J connectivity index is 2.00. The fourth-order valence-corrected chi connectivity index (χ4v) is 1.13. The van der Waals surface area contributed by atoms with Crippen LogP contribution in [0.2, 0.25) is 0 Å². The highest BCUT2D eigenvalue weighted by Crippen LogP contribution is 2.18. The molecule has 0 bridgehead atoms. The van der Waals surface area contributed by atoms with Gasteiger partial charge in [0.05, 0.1) is 6.54 Å². The zero-order valence-corrected chi connectivity index (χ0v) is 8.77. The van der Waals surface area contributed by atoms with E-state index in [4.69, 9.17) is 11.6 Å². The summed E-state index contributed by atoms with van der Waals surface area (Å²) in [7, 11) is 0. The number of alkyl halides is 1. The summed E-state index contributed by atoms with van der Waals surface area (Å²) in [6, 6.07) is 0.349. The smallest absolute Gasteiger partial charge is 0.239 e. The second kappa shape index (κ2) is 5.86. The molecule has 0 atom stereocenters. The van der Waals surface area contributed by atoms with Crippen LogP contribution in [0.5, 0.6) is 0 Å². The molecule has 1 aliphatic carbocycles. The lowest BCUT2D eigenvalue weighted by Crippen LogP contribution is -2.37. The summed E-state index contributed by atoms with van der Waals surface area (Å²) < 4.78 is 0. The summed E-state index contributed by atoms with van der Waals surface area (Å²) in [4.78, 5) is 22.2. The topological polar surface area (TPSA) is 58.2 Å². The van der Waals surface area contributed by atoms with Gasteiger partial charge in [0.1, 0.15) is 0 Å². The van der Waals surface area contributed by atoms with Gasteiger partial charge >= 0.3 is 0 Å². The highest BCUT2D eigenvalue weighted by Gasteiger charge is 2.22. The van der Waals surface area contributed by atoms with Crippen molar-refractivity contribution in [2.24, 2.45) is 0 Å². The Morgan fingerprint density at radius 2 is 2.00 bits per heavy atom. The van der Waals surface area contributed by atoms with Gasteiger partial charge in [0.15, 0.2) is 0 Å².